The molecule has 0 saturated heterocycles. The van der Waals surface area contributed by atoms with Crippen molar-refractivity contribution in [2.75, 3.05) is 0 Å². The van der Waals surface area contributed by atoms with Crippen LogP contribution in [0, 0.1) is 0 Å². The van der Waals surface area contributed by atoms with Gasteiger partial charge in [0.1, 0.15) is 6.33 Å². The standard InChI is InChI=1S/C11H10N4O/c12-11(16)8-4-14-10-7(8)2-1-6-3-13-5-15-9(6)10/h3-5,14H,1-2H2,(H2,12,16). The maximum atomic E-state index is 11.2. The lowest BCUT2D eigenvalue weighted by atomic mass is 9.93. The first-order valence-corrected chi connectivity index (χ1v) is 5.06. The zero-order valence-corrected chi connectivity index (χ0v) is 8.53. The minimum atomic E-state index is -0.394. The molecule has 2 aromatic rings. The van der Waals surface area contributed by atoms with E-state index in [9.17, 15) is 4.79 Å². The number of carbonyl (C=O) groups is 1. The van der Waals surface area contributed by atoms with E-state index in [2.05, 4.69) is 15.0 Å². The van der Waals surface area contributed by atoms with E-state index < -0.39 is 5.91 Å². The number of nitrogens with two attached hydrogens (primary N) is 1. The fourth-order valence-corrected chi connectivity index (χ4v) is 2.17. The summed E-state index contributed by atoms with van der Waals surface area (Å²) >= 11 is 0. The summed E-state index contributed by atoms with van der Waals surface area (Å²) in [5, 5.41) is 0. The van der Waals surface area contributed by atoms with Crippen LogP contribution in [0.25, 0.3) is 11.4 Å². The van der Waals surface area contributed by atoms with Crippen molar-refractivity contribution in [3.63, 3.8) is 0 Å². The predicted molar refractivity (Wildman–Crippen MR) is 57.7 cm³/mol. The Bertz CT molecular complexity index is 573. The van der Waals surface area contributed by atoms with E-state index in [1.165, 1.54) is 6.33 Å². The molecule has 0 saturated carbocycles. The highest BCUT2D eigenvalue weighted by molar-refractivity contribution is 5.96. The molecule has 0 fully saturated rings. The molecular formula is C11H10N4O. The largest absolute Gasteiger partial charge is 0.366 e. The molecule has 0 radical (unpaired) electrons. The lowest BCUT2D eigenvalue weighted by molar-refractivity contribution is 0.0999. The molecule has 5 heteroatoms. The molecule has 2 heterocycles. The number of primary amides is 1. The second-order valence-corrected chi connectivity index (χ2v) is 3.82. The summed E-state index contributed by atoms with van der Waals surface area (Å²) in [6.45, 7) is 0. The van der Waals surface area contributed by atoms with Crippen molar-refractivity contribution < 1.29 is 4.79 Å². The van der Waals surface area contributed by atoms with Crippen LogP contribution in [-0.4, -0.2) is 20.9 Å². The highest BCUT2D eigenvalue weighted by Gasteiger charge is 2.23. The monoisotopic (exact) mass is 214 g/mol. The van der Waals surface area contributed by atoms with Crippen molar-refractivity contribution in [1.29, 1.82) is 0 Å². The van der Waals surface area contributed by atoms with E-state index in [4.69, 9.17) is 5.73 Å². The van der Waals surface area contributed by atoms with Gasteiger partial charge in [0.05, 0.1) is 17.0 Å². The van der Waals surface area contributed by atoms with Crippen molar-refractivity contribution in [2.45, 2.75) is 12.8 Å². The lowest BCUT2D eigenvalue weighted by Gasteiger charge is -2.14. The van der Waals surface area contributed by atoms with Gasteiger partial charge in [-0.2, -0.15) is 0 Å². The summed E-state index contributed by atoms with van der Waals surface area (Å²) in [6, 6.07) is 0. The Morgan fingerprint density at radius 1 is 1.44 bits per heavy atom. The van der Waals surface area contributed by atoms with Crippen LogP contribution in [-0.2, 0) is 12.8 Å². The highest BCUT2D eigenvalue weighted by atomic mass is 16.1. The average molecular weight is 214 g/mol. The minimum absolute atomic E-state index is 0.394. The SMILES string of the molecule is NC(=O)c1c[nH]c2c1CCc1cncnc1-2. The van der Waals surface area contributed by atoms with Crippen molar-refractivity contribution in [2.24, 2.45) is 5.73 Å². The maximum absolute atomic E-state index is 11.2. The van der Waals surface area contributed by atoms with Crippen LogP contribution in [0.5, 0.6) is 0 Å². The van der Waals surface area contributed by atoms with Crippen molar-refractivity contribution in [3.05, 3.63) is 35.4 Å². The molecule has 0 aromatic carbocycles. The van der Waals surface area contributed by atoms with Crippen LogP contribution in [0.15, 0.2) is 18.7 Å². The van der Waals surface area contributed by atoms with Gasteiger partial charge in [-0.05, 0) is 24.0 Å². The molecule has 0 bridgehead atoms. The Balaban J connectivity index is 2.23. The molecule has 3 rings (SSSR count). The first-order valence-electron chi connectivity index (χ1n) is 5.06. The van der Waals surface area contributed by atoms with Gasteiger partial charge in [0.15, 0.2) is 0 Å². The van der Waals surface area contributed by atoms with E-state index in [1.54, 1.807) is 6.20 Å². The molecule has 0 atom stereocenters. The topological polar surface area (TPSA) is 84.7 Å². The lowest BCUT2D eigenvalue weighted by Crippen LogP contribution is -2.14. The van der Waals surface area contributed by atoms with Gasteiger partial charge in [-0.15, -0.1) is 0 Å². The normalized spacial score (nSPS) is 13.0. The van der Waals surface area contributed by atoms with Gasteiger partial charge in [-0.1, -0.05) is 0 Å². The van der Waals surface area contributed by atoms with Crippen molar-refractivity contribution in [3.8, 4) is 11.4 Å². The van der Waals surface area contributed by atoms with E-state index in [0.29, 0.717) is 5.56 Å². The minimum Gasteiger partial charge on any atom is -0.366 e. The number of carbonyl (C=O) groups excluding carboxylic acids is 1. The van der Waals surface area contributed by atoms with Crippen LogP contribution in [0.2, 0.25) is 0 Å². The molecule has 16 heavy (non-hydrogen) atoms. The van der Waals surface area contributed by atoms with Gasteiger partial charge in [0.25, 0.3) is 5.91 Å². The number of hydrogen-bond acceptors (Lipinski definition) is 3. The summed E-state index contributed by atoms with van der Waals surface area (Å²) in [7, 11) is 0. The Hall–Kier alpha value is -2.17. The zero-order valence-electron chi connectivity index (χ0n) is 8.53. The van der Waals surface area contributed by atoms with Gasteiger partial charge in [-0.25, -0.2) is 9.97 Å². The third-order valence-electron chi connectivity index (χ3n) is 2.92. The maximum Gasteiger partial charge on any atom is 0.250 e. The Kier molecular flexibility index (Phi) is 1.80. The molecule has 1 amide bonds. The van der Waals surface area contributed by atoms with Gasteiger partial charge in [0, 0.05) is 12.4 Å². The average Bonchev–Trinajstić information content (AvgIpc) is 2.73. The van der Waals surface area contributed by atoms with E-state index in [-0.39, 0.29) is 0 Å². The number of hydrogen-bond donors (Lipinski definition) is 2. The van der Waals surface area contributed by atoms with Gasteiger partial charge < -0.3 is 10.7 Å². The molecule has 3 N–H and O–H groups in total. The number of nitrogens with one attached hydrogen (secondary N) is 1. The summed E-state index contributed by atoms with van der Waals surface area (Å²) in [6.07, 6.45) is 6.64. The van der Waals surface area contributed by atoms with Crippen LogP contribution < -0.4 is 5.73 Å². The number of nitrogens with zero attached hydrogens (tertiary/aromatic N) is 2. The van der Waals surface area contributed by atoms with E-state index >= 15 is 0 Å². The van der Waals surface area contributed by atoms with Gasteiger partial charge in [-0.3, -0.25) is 4.79 Å². The first kappa shape index (κ1) is 9.08. The molecule has 1 aliphatic rings. The summed E-state index contributed by atoms with van der Waals surface area (Å²) in [5.41, 5.74) is 9.73. The highest BCUT2D eigenvalue weighted by Crippen LogP contribution is 2.32. The molecule has 2 aromatic heterocycles. The molecule has 5 nitrogen and oxygen atoms in total. The number of aromatic nitrogens is 3. The third-order valence-corrected chi connectivity index (χ3v) is 2.92. The molecular weight excluding hydrogens is 204 g/mol. The van der Waals surface area contributed by atoms with Crippen molar-refractivity contribution in [1.82, 2.24) is 15.0 Å². The molecule has 0 spiro atoms. The second-order valence-electron chi connectivity index (χ2n) is 3.82. The first-order chi connectivity index (χ1) is 7.77. The zero-order chi connectivity index (χ0) is 11.1. The fraction of sp³-hybridized carbons (Fsp3) is 0.182. The van der Waals surface area contributed by atoms with E-state index in [1.807, 2.05) is 6.20 Å². The smallest absolute Gasteiger partial charge is 0.250 e. The van der Waals surface area contributed by atoms with Crippen LogP contribution in [0.1, 0.15) is 21.5 Å². The summed E-state index contributed by atoms with van der Waals surface area (Å²) in [5.74, 6) is -0.394. The summed E-state index contributed by atoms with van der Waals surface area (Å²) in [4.78, 5) is 22.5. The fourth-order valence-electron chi connectivity index (χ4n) is 2.17. The molecule has 0 unspecified atom stereocenters. The Labute approximate surface area is 91.7 Å². The summed E-state index contributed by atoms with van der Waals surface area (Å²) < 4.78 is 0. The van der Waals surface area contributed by atoms with Crippen molar-refractivity contribution >= 4 is 5.91 Å². The van der Waals surface area contributed by atoms with E-state index in [0.717, 1.165) is 35.4 Å². The molecule has 80 valence electrons. The predicted octanol–water partition coefficient (Wildman–Crippen LogP) is 0.669. The van der Waals surface area contributed by atoms with Crippen LogP contribution >= 0.6 is 0 Å². The number of fused-ring (bicyclic) bond motifs is 3. The number of amides is 1. The molecule has 0 aliphatic heterocycles. The molecule has 1 aliphatic carbocycles. The second kappa shape index (κ2) is 3.16. The number of aryl methyl sites for hydroxylation is 1. The number of H-pyrrole nitrogens is 1. The number of aromatic amines is 1. The van der Waals surface area contributed by atoms with Crippen LogP contribution in [0.4, 0.5) is 0 Å². The number of rotatable bonds is 1. The van der Waals surface area contributed by atoms with Crippen LogP contribution in [0.3, 0.4) is 0 Å². The third kappa shape index (κ3) is 1.14. The Morgan fingerprint density at radius 3 is 3.12 bits per heavy atom. The quantitative estimate of drug-likeness (QED) is 0.731. The van der Waals surface area contributed by atoms with Gasteiger partial charge >= 0.3 is 0 Å². The van der Waals surface area contributed by atoms with Gasteiger partial charge in [0.2, 0.25) is 0 Å². The Morgan fingerprint density at radius 2 is 2.31 bits per heavy atom.